The van der Waals surface area contributed by atoms with Gasteiger partial charge in [-0.1, -0.05) is 130 Å². The topological polar surface area (TPSA) is 112 Å². The van der Waals surface area contributed by atoms with Crippen LogP contribution < -0.4 is 18.9 Å². The molecule has 5 aromatic carbocycles. The van der Waals surface area contributed by atoms with Gasteiger partial charge in [-0.25, -0.2) is 0 Å². The Balaban J connectivity index is 1.47. The van der Waals surface area contributed by atoms with Gasteiger partial charge in [0.25, 0.3) is 23.6 Å². The fraction of sp³-hybridized carbons (Fsp3) is 0.556. The van der Waals surface area contributed by atoms with E-state index in [1.54, 1.807) is 28.4 Å². The van der Waals surface area contributed by atoms with Gasteiger partial charge in [-0.05, 0) is 82.3 Å². The van der Waals surface area contributed by atoms with Crippen LogP contribution in [0.2, 0.25) is 0 Å². The molecule has 10 nitrogen and oxygen atoms in total. The summed E-state index contributed by atoms with van der Waals surface area (Å²) in [6.45, 7) is 8.72. The highest BCUT2D eigenvalue weighted by Gasteiger charge is 2.45. The summed E-state index contributed by atoms with van der Waals surface area (Å²) in [6.07, 6.45) is 19.6. The highest BCUT2D eigenvalue weighted by Crippen LogP contribution is 2.54. The zero-order chi connectivity index (χ0) is 45.7. The minimum atomic E-state index is -0.363. The first-order valence-electron chi connectivity index (χ1n) is 24.4. The molecule has 0 N–H and O–H groups in total. The van der Waals surface area contributed by atoms with E-state index in [0.29, 0.717) is 88.3 Å². The zero-order valence-corrected chi connectivity index (χ0v) is 39.8. The second-order valence-electron chi connectivity index (χ2n) is 18.2. The molecule has 2 heterocycles. The fourth-order valence-corrected chi connectivity index (χ4v) is 10.9. The van der Waals surface area contributed by atoms with Crippen molar-refractivity contribution in [3.05, 3.63) is 46.5 Å². The lowest BCUT2D eigenvalue weighted by Crippen LogP contribution is -2.47. The quantitative estimate of drug-likeness (QED) is 0.0234. The third-order valence-electron chi connectivity index (χ3n) is 14.1. The monoisotopic (exact) mass is 875 g/mol. The van der Waals surface area contributed by atoms with Crippen molar-refractivity contribution in [1.29, 1.82) is 0 Å². The lowest BCUT2D eigenvalue weighted by atomic mass is 9.80. The molecular formula is C54H70N2O8. The molecular weight excluding hydrogens is 805 g/mol. The van der Waals surface area contributed by atoms with Crippen molar-refractivity contribution in [2.45, 2.75) is 168 Å². The van der Waals surface area contributed by atoms with Crippen molar-refractivity contribution in [2.24, 2.45) is 0 Å². The van der Waals surface area contributed by atoms with Crippen molar-refractivity contribution in [3.63, 3.8) is 0 Å². The van der Waals surface area contributed by atoms with Gasteiger partial charge < -0.3 is 18.9 Å². The molecule has 344 valence electrons. The Bertz CT molecular complexity index is 2190. The average Bonchev–Trinajstić information content (AvgIpc) is 3.30. The number of hydrogen-bond acceptors (Lipinski definition) is 8. The summed E-state index contributed by atoms with van der Waals surface area (Å²) in [4.78, 5) is 63.5. The van der Waals surface area contributed by atoms with E-state index in [-0.39, 0.29) is 35.7 Å². The summed E-state index contributed by atoms with van der Waals surface area (Å²) in [6, 6.07) is 6.98. The van der Waals surface area contributed by atoms with Gasteiger partial charge in [-0.2, -0.15) is 0 Å². The third kappa shape index (κ3) is 8.23. The van der Waals surface area contributed by atoms with Gasteiger partial charge in [0.05, 0.1) is 50.7 Å². The number of ether oxygens (including phenoxy) is 4. The van der Waals surface area contributed by atoms with Crippen LogP contribution in [-0.4, -0.2) is 74.0 Å². The van der Waals surface area contributed by atoms with Crippen LogP contribution >= 0.6 is 0 Å². The number of imide groups is 2. The van der Waals surface area contributed by atoms with Crippen LogP contribution in [0, 0.1) is 0 Å². The molecule has 0 aromatic heterocycles. The molecule has 0 spiro atoms. The Morgan fingerprint density at radius 2 is 0.594 bits per heavy atom. The second kappa shape index (κ2) is 20.8. The Kier molecular flexibility index (Phi) is 15.2. The highest BCUT2D eigenvalue weighted by molar-refractivity contribution is 6.43. The predicted molar refractivity (Wildman–Crippen MR) is 257 cm³/mol. The number of carbonyl (C=O) groups is 4. The first-order chi connectivity index (χ1) is 31.2. The normalized spacial score (nSPS) is 14.0. The van der Waals surface area contributed by atoms with E-state index in [1.807, 2.05) is 24.3 Å². The summed E-state index contributed by atoms with van der Waals surface area (Å²) in [7, 11) is 6.21. The summed E-state index contributed by atoms with van der Waals surface area (Å²) < 4.78 is 24.5. The van der Waals surface area contributed by atoms with E-state index in [4.69, 9.17) is 18.9 Å². The van der Waals surface area contributed by atoms with E-state index in [2.05, 4.69) is 27.7 Å². The number of methoxy groups -OCH3 is 4. The van der Waals surface area contributed by atoms with E-state index in [1.165, 1.54) is 9.80 Å². The number of hydrogen-bond donors (Lipinski definition) is 0. The summed E-state index contributed by atoms with van der Waals surface area (Å²) >= 11 is 0. The van der Waals surface area contributed by atoms with E-state index in [9.17, 15) is 0 Å². The standard InChI is InChI=1S/C54H70N2O8/c1-9-13-17-21-25-33(26-22-18-14-10-2)55-51(57)45-39(61-5)29-35-37-31-41(63-7)47-50-44(37)38(36-30-40(62-6)46(52(55)58)49(45)43(35)36)32-42(64-8)48(50)54(60)56(53(47)59)34(27-23-19-15-11-3)28-24-20-16-12-4/h29-34H,9-28H2,1-8H3. The van der Waals surface area contributed by atoms with Crippen molar-refractivity contribution in [1.82, 2.24) is 9.80 Å². The average molecular weight is 875 g/mol. The Hall–Kier alpha value is -5.12. The Labute approximate surface area is 379 Å². The molecule has 0 fully saturated rings. The lowest BCUT2D eigenvalue weighted by Gasteiger charge is -2.37. The number of rotatable bonds is 26. The number of unbranched alkanes of at least 4 members (excludes halogenated alkanes) is 12. The van der Waals surface area contributed by atoms with Gasteiger partial charge in [0.2, 0.25) is 0 Å². The van der Waals surface area contributed by atoms with Gasteiger partial charge in [0, 0.05) is 22.9 Å². The van der Waals surface area contributed by atoms with Crippen molar-refractivity contribution in [2.75, 3.05) is 28.4 Å². The molecule has 5 aromatic rings. The molecule has 7 rings (SSSR count). The first kappa shape index (κ1) is 46.9. The van der Waals surface area contributed by atoms with Gasteiger partial charge >= 0.3 is 0 Å². The lowest BCUT2D eigenvalue weighted by molar-refractivity contribution is 0.0497. The summed E-state index contributed by atoms with van der Waals surface area (Å²) in [5.74, 6) is -0.0871. The number of fused-ring (bicyclic) bond motifs is 2. The van der Waals surface area contributed by atoms with Crippen LogP contribution in [0.15, 0.2) is 24.3 Å². The molecule has 2 aliphatic heterocycles. The van der Waals surface area contributed by atoms with Crippen LogP contribution in [0.3, 0.4) is 0 Å². The highest BCUT2D eigenvalue weighted by atomic mass is 16.5. The van der Waals surface area contributed by atoms with Crippen LogP contribution in [-0.2, 0) is 0 Å². The smallest absolute Gasteiger partial charge is 0.265 e. The molecule has 10 heteroatoms. The molecule has 0 bridgehead atoms. The SMILES string of the molecule is CCCCCCC(CCCCCC)N1C(=O)c2c(OC)cc3c4cc(OC)c5c6c(c(OC)cc(c7cc(OC)c(c2c37)C1=O)c64)C(=O)N(C(CCCCCC)CCCCCC)C5=O. The van der Waals surface area contributed by atoms with Crippen LogP contribution in [0.5, 0.6) is 23.0 Å². The van der Waals surface area contributed by atoms with E-state index in [0.717, 1.165) is 128 Å². The second-order valence-corrected chi connectivity index (χ2v) is 18.2. The number of benzene rings is 5. The largest absolute Gasteiger partial charge is 0.496 e. The molecule has 64 heavy (non-hydrogen) atoms. The van der Waals surface area contributed by atoms with Crippen molar-refractivity contribution in [3.8, 4) is 23.0 Å². The Morgan fingerprint density at radius 3 is 0.797 bits per heavy atom. The number of nitrogens with zero attached hydrogens (tertiary/aromatic N) is 2. The molecule has 4 amide bonds. The van der Waals surface area contributed by atoms with Crippen LogP contribution in [0.1, 0.15) is 198 Å². The first-order valence-corrected chi connectivity index (χ1v) is 24.4. The van der Waals surface area contributed by atoms with Gasteiger partial charge in [-0.3, -0.25) is 29.0 Å². The maximum atomic E-state index is 15.1. The van der Waals surface area contributed by atoms with Gasteiger partial charge in [-0.15, -0.1) is 0 Å². The third-order valence-corrected chi connectivity index (χ3v) is 14.1. The molecule has 0 atom stereocenters. The molecule has 2 aliphatic rings. The minimum absolute atomic E-state index is 0.272. The van der Waals surface area contributed by atoms with Gasteiger partial charge in [0.1, 0.15) is 23.0 Å². The minimum Gasteiger partial charge on any atom is -0.496 e. The fourth-order valence-electron chi connectivity index (χ4n) is 10.9. The maximum Gasteiger partial charge on any atom is 0.265 e. The van der Waals surface area contributed by atoms with Crippen LogP contribution in [0.25, 0.3) is 43.1 Å². The predicted octanol–water partition coefficient (Wildman–Crippen LogP) is 13.6. The summed E-state index contributed by atoms with van der Waals surface area (Å²) in [5.41, 5.74) is 1.34. The van der Waals surface area contributed by atoms with E-state index < -0.39 is 0 Å². The van der Waals surface area contributed by atoms with Crippen molar-refractivity contribution < 1.29 is 38.1 Å². The zero-order valence-electron chi connectivity index (χ0n) is 39.8. The van der Waals surface area contributed by atoms with Crippen molar-refractivity contribution >= 4 is 66.7 Å². The molecule has 0 aliphatic carbocycles. The Morgan fingerprint density at radius 1 is 0.359 bits per heavy atom. The number of carbonyl (C=O) groups excluding carboxylic acids is 4. The van der Waals surface area contributed by atoms with Gasteiger partial charge in [0.15, 0.2) is 0 Å². The van der Waals surface area contributed by atoms with Crippen LogP contribution in [0.4, 0.5) is 0 Å². The molecule has 0 saturated carbocycles. The molecule has 0 radical (unpaired) electrons. The summed E-state index contributed by atoms with van der Waals surface area (Å²) in [5, 5.41) is 5.19. The maximum absolute atomic E-state index is 15.1. The number of amides is 4. The van der Waals surface area contributed by atoms with E-state index >= 15 is 19.2 Å². The molecule has 0 saturated heterocycles. The molecule has 0 unspecified atom stereocenters.